The molecule has 6 heteroatoms. The molecule has 1 aromatic carbocycles. The molecular formula is C15H18ClN3O2. The minimum atomic E-state index is -0.354. The van der Waals surface area contributed by atoms with Crippen LogP contribution in [0.2, 0.25) is 5.02 Å². The van der Waals surface area contributed by atoms with Gasteiger partial charge in [0.2, 0.25) is 5.91 Å². The van der Waals surface area contributed by atoms with Crippen molar-refractivity contribution in [2.75, 3.05) is 26.7 Å². The molecule has 0 heterocycles. The summed E-state index contributed by atoms with van der Waals surface area (Å²) >= 11 is 6.05. The molecule has 112 valence electrons. The second-order valence-electron chi connectivity index (χ2n) is 4.29. The number of carbonyl (C=O) groups excluding carboxylic acids is 2. The lowest BCUT2D eigenvalue weighted by Gasteiger charge is -2.14. The third-order valence-electron chi connectivity index (χ3n) is 2.86. The maximum atomic E-state index is 11.9. The number of rotatable bonds is 4. The van der Waals surface area contributed by atoms with Crippen molar-refractivity contribution in [2.45, 2.75) is 6.92 Å². The van der Waals surface area contributed by atoms with Crippen molar-refractivity contribution in [1.29, 1.82) is 0 Å². The Hall–Kier alpha value is -2.03. The largest absolute Gasteiger partial charge is 0.345 e. The number of nitrogens with two attached hydrogens (primary N) is 1. The van der Waals surface area contributed by atoms with Crippen LogP contribution in [0.25, 0.3) is 0 Å². The molecule has 21 heavy (non-hydrogen) atoms. The smallest absolute Gasteiger partial charge is 0.251 e. The lowest BCUT2D eigenvalue weighted by atomic mass is 10.1. The monoisotopic (exact) mass is 307 g/mol. The molecule has 0 aliphatic heterocycles. The van der Waals surface area contributed by atoms with Crippen LogP contribution in [0.1, 0.15) is 22.8 Å². The first-order chi connectivity index (χ1) is 9.99. The van der Waals surface area contributed by atoms with Crippen LogP contribution in [-0.2, 0) is 4.79 Å². The molecule has 0 saturated heterocycles. The number of carbonyl (C=O) groups is 2. The average Bonchev–Trinajstić information content (AvgIpc) is 2.50. The second kappa shape index (κ2) is 8.30. The molecule has 5 nitrogen and oxygen atoms in total. The Labute approximate surface area is 129 Å². The van der Waals surface area contributed by atoms with Gasteiger partial charge in [-0.25, -0.2) is 0 Å². The molecule has 1 aromatic rings. The van der Waals surface area contributed by atoms with Gasteiger partial charge in [0, 0.05) is 24.7 Å². The van der Waals surface area contributed by atoms with Gasteiger partial charge in [-0.2, -0.15) is 0 Å². The van der Waals surface area contributed by atoms with Crippen molar-refractivity contribution < 1.29 is 9.59 Å². The van der Waals surface area contributed by atoms with Crippen LogP contribution in [-0.4, -0.2) is 43.4 Å². The summed E-state index contributed by atoms with van der Waals surface area (Å²) < 4.78 is 0. The van der Waals surface area contributed by atoms with Crippen LogP contribution in [0.5, 0.6) is 0 Å². The standard InChI is InChI=1S/C15H18ClN3O2/c1-3-19(2)14(20)10-18-15(21)12-7-6-11(5-4-8-17)13(16)9-12/h6-7,9H,3,8,10,17H2,1-2H3,(H,18,21). The minimum absolute atomic E-state index is 0.0461. The molecule has 0 bridgehead atoms. The highest BCUT2D eigenvalue weighted by Crippen LogP contribution is 2.16. The molecule has 0 aliphatic rings. The second-order valence-corrected chi connectivity index (χ2v) is 4.70. The van der Waals surface area contributed by atoms with Crippen LogP contribution < -0.4 is 11.1 Å². The molecule has 0 radical (unpaired) electrons. The topological polar surface area (TPSA) is 75.4 Å². The summed E-state index contributed by atoms with van der Waals surface area (Å²) in [6.07, 6.45) is 0. The van der Waals surface area contributed by atoms with E-state index in [1.165, 1.54) is 11.0 Å². The summed E-state index contributed by atoms with van der Waals surface area (Å²) in [5, 5.41) is 2.93. The van der Waals surface area contributed by atoms with Crippen LogP contribution in [0, 0.1) is 11.8 Å². The van der Waals surface area contributed by atoms with E-state index in [-0.39, 0.29) is 24.9 Å². The van der Waals surface area contributed by atoms with Crippen molar-refractivity contribution in [1.82, 2.24) is 10.2 Å². The van der Waals surface area contributed by atoms with Gasteiger partial charge in [0.1, 0.15) is 0 Å². The predicted octanol–water partition coefficient (Wildman–Crippen LogP) is 0.858. The van der Waals surface area contributed by atoms with Crippen molar-refractivity contribution in [3.63, 3.8) is 0 Å². The molecule has 0 fully saturated rings. The van der Waals surface area contributed by atoms with E-state index in [1.807, 2.05) is 6.92 Å². The van der Waals surface area contributed by atoms with Crippen LogP contribution in [0.3, 0.4) is 0 Å². The van der Waals surface area contributed by atoms with Crippen LogP contribution in [0.15, 0.2) is 18.2 Å². The van der Waals surface area contributed by atoms with E-state index in [9.17, 15) is 9.59 Å². The first-order valence-corrected chi connectivity index (χ1v) is 6.88. The lowest BCUT2D eigenvalue weighted by molar-refractivity contribution is -0.128. The Morgan fingerprint density at radius 1 is 1.43 bits per heavy atom. The lowest BCUT2D eigenvalue weighted by Crippen LogP contribution is -2.37. The van der Waals surface area contributed by atoms with Crippen molar-refractivity contribution in [3.05, 3.63) is 34.3 Å². The average molecular weight is 308 g/mol. The molecule has 0 spiro atoms. The van der Waals surface area contributed by atoms with Gasteiger partial charge in [-0.05, 0) is 25.1 Å². The Balaban J connectivity index is 2.71. The predicted molar refractivity (Wildman–Crippen MR) is 83.0 cm³/mol. The zero-order chi connectivity index (χ0) is 15.8. The first kappa shape index (κ1) is 17.0. The third kappa shape index (κ3) is 5.10. The highest BCUT2D eigenvalue weighted by Gasteiger charge is 2.11. The maximum absolute atomic E-state index is 11.9. The molecular weight excluding hydrogens is 290 g/mol. The summed E-state index contributed by atoms with van der Waals surface area (Å²) in [5.41, 5.74) is 6.28. The van der Waals surface area contributed by atoms with Gasteiger partial charge >= 0.3 is 0 Å². The number of nitrogens with one attached hydrogen (secondary N) is 1. The molecule has 0 unspecified atom stereocenters. The van der Waals surface area contributed by atoms with Gasteiger partial charge in [0.25, 0.3) is 5.91 Å². The normalized spacial score (nSPS) is 9.52. The number of hydrogen-bond donors (Lipinski definition) is 2. The maximum Gasteiger partial charge on any atom is 0.251 e. The van der Waals surface area contributed by atoms with E-state index < -0.39 is 0 Å². The number of benzene rings is 1. The number of amides is 2. The Morgan fingerprint density at radius 2 is 2.14 bits per heavy atom. The summed E-state index contributed by atoms with van der Waals surface area (Å²) in [4.78, 5) is 25.1. The van der Waals surface area contributed by atoms with E-state index in [4.69, 9.17) is 17.3 Å². The zero-order valence-corrected chi connectivity index (χ0v) is 12.8. The van der Waals surface area contributed by atoms with Gasteiger partial charge in [-0.1, -0.05) is 23.4 Å². The van der Waals surface area contributed by atoms with E-state index in [1.54, 1.807) is 19.2 Å². The van der Waals surface area contributed by atoms with E-state index in [0.29, 0.717) is 22.7 Å². The number of hydrogen-bond acceptors (Lipinski definition) is 3. The molecule has 2 amide bonds. The number of halogens is 1. The summed E-state index contributed by atoms with van der Waals surface area (Å²) in [5.74, 6) is 5.00. The van der Waals surface area contributed by atoms with Crippen molar-refractivity contribution in [2.24, 2.45) is 5.73 Å². The van der Waals surface area contributed by atoms with E-state index >= 15 is 0 Å². The Bertz CT molecular complexity index is 590. The fourth-order valence-corrected chi connectivity index (χ4v) is 1.70. The molecule has 0 aliphatic carbocycles. The molecule has 0 aromatic heterocycles. The minimum Gasteiger partial charge on any atom is -0.345 e. The third-order valence-corrected chi connectivity index (χ3v) is 3.17. The van der Waals surface area contributed by atoms with Gasteiger partial charge in [-0.3, -0.25) is 9.59 Å². The first-order valence-electron chi connectivity index (χ1n) is 6.50. The molecule has 0 atom stereocenters. The Kier molecular flexibility index (Phi) is 6.73. The van der Waals surface area contributed by atoms with Gasteiger partial charge in [0.05, 0.1) is 18.1 Å². The van der Waals surface area contributed by atoms with Crippen LogP contribution in [0.4, 0.5) is 0 Å². The van der Waals surface area contributed by atoms with Gasteiger partial charge in [-0.15, -0.1) is 0 Å². The number of nitrogens with zero attached hydrogens (tertiary/aromatic N) is 1. The zero-order valence-electron chi connectivity index (χ0n) is 12.1. The van der Waals surface area contributed by atoms with Crippen LogP contribution >= 0.6 is 11.6 Å². The highest BCUT2D eigenvalue weighted by atomic mass is 35.5. The van der Waals surface area contributed by atoms with E-state index in [0.717, 1.165) is 0 Å². The Morgan fingerprint density at radius 3 is 2.71 bits per heavy atom. The molecule has 1 rings (SSSR count). The number of likely N-dealkylation sites (N-methyl/N-ethyl adjacent to an activating group) is 1. The quantitative estimate of drug-likeness (QED) is 0.810. The van der Waals surface area contributed by atoms with E-state index in [2.05, 4.69) is 17.2 Å². The summed E-state index contributed by atoms with van der Waals surface area (Å²) in [7, 11) is 1.68. The van der Waals surface area contributed by atoms with Crippen molar-refractivity contribution in [3.8, 4) is 11.8 Å². The van der Waals surface area contributed by atoms with Gasteiger partial charge < -0.3 is 16.0 Å². The summed E-state index contributed by atoms with van der Waals surface area (Å²) in [6, 6.07) is 4.78. The van der Waals surface area contributed by atoms with Gasteiger partial charge in [0.15, 0.2) is 0 Å². The SMILES string of the molecule is CCN(C)C(=O)CNC(=O)c1ccc(C#CCN)c(Cl)c1. The fourth-order valence-electron chi connectivity index (χ4n) is 1.47. The molecule has 0 saturated carbocycles. The summed E-state index contributed by atoms with van der Waals surface area (Å²) in [6.45, 7) is 2.65. The fraction of sp³-hybridized carbons (Fsp3) is 0.333. The van der Waals surface area contributed by atoms with Crippen molar-refractivity contribution >= 4 is 23.4 Å². The highest BCUT2D eigenvalue weighted by molar-refractivity contribution is 6.32. The molecule has 3 N–H and O–H groups in total.